The highest BCUT2D eigenvalue weighted by molar-refractivity contribution is 5.89. The Morgan fingerprint density at radius 3 is 2.33 bits per heavy atom. The Morgan fingerprint density at radius 1 is 1.13 bits per heavy atom. The topological polar surface area (TPSA) is 95.7 Å². The number of nitrogens with zero attached hydrogens (tertiary/aromatic N) is 1. The molecular weight excluding hydrogens is 378 g/mol. The van der Waals surface area contributed by atoms with Crippen molar-refractivity contribution in [3.05, 3.63) is 64.7 Å². The number of nitrogens with two attached hydrogens (primary N) is 1. The van der Waals surface area contributed by atoms with Gasteiger partial charge in [0.1, 0.15) is 11.8 Å². The van der Waals surface area contributed by atoms with E-state index in [2.05, 4.69) is 17.4 Å². The van der Waals surface area contributed by atoms with E-state index in [9.17, 15) is 14.7 Å². The highest BCUT2D eigenvalue weighted by Gasteiger charge is 2.27. The van der Waals surface area contributed by atoms with Crippen molar-refractivity contribution in [1.82, 2.24) is 10.2 Å². The van der Waals surface area contributed by atoms with E-state index in [-0.39, 0.29) is 17.6 Å². The second-order valence-electron chi connectivity index (χ2n) is 7.87. The van der Waals surface area contributed by atoms with Crippen LogP contribution in [-0.4, -0.2) is 47.5 Å². The molecule has 0 aliphatic carbocycles. The van der Waals surface area contributed by atoms with Crippen LogP contribution in [0.5, 0.6) is 5.75 Å². The molecule has 0 fully saturated rings. The molecule has 0 saturated heterocycles. The fraction of sp³-hybridized carbons (Fsp3) is 0.417. The van der Waals surface area contributed by atoms with Crippen molar-refractivity contribution in [2.45, 2.75) is 52.1 Å². The lowest BCUT2D eigenvalue weighted by Gasteiger charge is -2.27. The number of likely N-dealkylation sites (N-methyl/N-ethyl adjacent to an activating group) is 1. The van der Waals surface area contributed by atoms with Crippen LogP contribution in [-0.2, 0) is 22.4 Å². The minimum absolute atomic E-state index is 0.192. The van der Waals surface area contributed by atoms with Gasteiger partial charge in [-0.2, -0.15) is 0 Å². The predicted molar refractivity (Wildman–Crippen MR) is 119 cm³/mol. The summed E-state index contributed by atoms with van der Waals surface area (Å²) < 4.78 is 0. The lowest BCUT2D eigenvalue weighted by Crippen LogP contribution is -2.51. The molecule has 162 valence electrons. The van der Waals surface area contributed by atoms with Crippen LogP contribution >= 0.6 is 0 Å². The molecule has 0 bridgehead atoms. The third-order valence-corrected chi connectivity index (χ3v) is 5.51. The van der Waals surface area contributed by atoms with Gasteiger partial charge in [0.05, 0.1) is 6.04 Å². The average Bonchev–Trinajstić information content (AvgIpc) is 2.72. The zero-order valence-electron chi connectivity index (χ0n) is 18.3. The summed E-state index contributed by atoms with van der Waals surface area (Å²) in [6.07, 6.45) is 2.08. The molecule has 0 heterocycles. The number of hydrogen-bond acceptors (Lipinski definition) is 4. The van der Waals surface area contributed by atoms with Gasteiger partial charge in [-0.25, -0.2) is 0 Å². The molecule has 6 nitrogen and oxygen atoms in total. The first-order valence-corrected chi connectivity index (χ1v) is 10.3. The van der Waals surface area contributed by atoms with Gasteiger partial charge >= 0.3 is 0 Å². The van der Waals surface area contributed by atoms with E-state index in [1.165, 1.54) is 10.5 Å². The molecule has 2 aromatic rings. The van der Waals surface area contributed by atoms with Crippen molar-refractivity contribution in [2.24, 2.45) is 5.73 Å². The molecule has 6 heteroatoms. The normalized spacial score (nSPS) is 12.8. The lowest BCUT2D eigenvalue weighted by molar-refractivity contribution is -0.139. The molecule has 0 radical (unpaired) electrons. The first kappa shape index (κ1) is 23.4. The molecule has 2 amide bonds. The van der Waals surface area contributed by atoms with Gasteiger partial charge in [0.2, 0.25) is 11.8 Å². The molecule has 0 saturated carbocycles. The summed E-state index contributed by atoms with van der Waals surface area (Å²) in [6, 6.07) is 12.1. The smallest absolute Gasteiger partial charge is 0.242 e. The minimum atomic E-state index is -0.759. The summed E-state index contributed by atoms with van der Waals surface area (Å²) in [4.78, 5) is 26.6. The van der Waals surface area contributed by atoms with E-state index in [1.807, 2.05) is 32.0 Å². The minimum Gasteiger partial charge on any atom is -0.508 e. The number of nitrogens with one attached hydrogen (secondary N) is 1. The largest absolute Gasteiger partial charge is 0.508 e. The number of rotatable bonds is 9. The summed E-state index contributed by atoms with van der Waals surface area (Å²) in [7, 11) is 1.60. The van der Waals surface area contributed by atoms with Crippen molar-refractivity contribution in [3.8, 4) is 5.75 Å². The summed E-state index contributed by atoms with van der Waals surface area (Å²) in [5.74, 6) is -0.278. The SMILES string of the molecule is Cc1cc(O)cc(C)c1C[C@H](N)C(=O)N(C)[C@H](C)C(=O)NCCCc1ccccc1. The van der Waals surface area contributed by atoms with E-state index < -0.39 is 12.1 Å². The second kappa shape index (κ2) is 10.8. The number of carbonyl (C=O) groups is 2. The molecule has 0 unspecified atom stereocenters. The van der Waals surface area contributed by atoms with Crippen LogP contribution in [0, 0.1) is 13.8 Å². The van der Waals surface area contributed by atoms with Crippen LogP contribution < -0.4 is 11.1 Å². The van der Waals surface area contributed by atoms with Crippen molar-refractivity contribution in [3.63, 3.8) is 0 Å². The highest BCUT2D eigenvalue weighted by Crippen LogP contribution is 2.22. The van der Waals surface area contributed by atoms with Gasteiger partial charge in [0, 0.05) is 13.6 Å². The Hall–Kier alpha value is -2.86. The Labute approximate surface area is 179 Å². The Morgan fingerprint density at radius 2 is 1.73 bits per heavy atom. The number of benzene rings is 2. The van der Waals surface area contributed by atoms with Gasteiger partial charge in [0.15, 0.2) is 0 Å². The summed E-state index contributed by atoms with van der Waals surface area (Å²) in [5.41, 5.74) is 10.1. The maximum atomic E-state index is 12.8. The number of amides is 2. The number of aryl methyl sites for hydroxylation is 3. The maximum absolute atomic E-state index is 12.8. The van der Waals surface area contributed by atoms with Gasteiger partial charge in [0.25, 0.3) is 0 Å². The Kier molecular flexibility index (Phi) is 8.42. The third-order valence-electron chi connectivity index (χ3n) is 5.51. The fourth-order valence-electron chi connectivity index (χ4n) is 3.52. The van der Waals surface area contributed by atoms with Crippen LogP contribution in [0.4, 0.5) is 0 Å². The molecule has 2 rings (SSSR count). The van der Waals surface area contributed by atoms with Crippen LogP contribution in [0.1, 0.15) is 35.6 Å². The number of carbonyl (C=O) groups excluding carboxylic acids is 2. The number of phenolic OH excluding ortho intramolecular Hbond substituents is 1. The van der Waals surface area contributed by atoms with Crippen molar-refractivity contribution < 1.29 is 14.7 Å². The summed E-state index contributed by atoms with van der Waals surface area (Å²) >= 11 is 0. The number of hydrogen-bond donors (Lipinski definition) is 3. The van der Waals surface area contributed by atoms with E-state index in [1.54, 1.807) is 26.1 Å². The zero-order chi connectivity index (χ0) is 22.3. The van der Waals surface area contributed by atoms with Gasteiger partial charge in [-0.3, -0.25) is 9.59 Å². The van der Waals surface area contributed by atoms with Crippen LogP contribution in [0.2, 0.25) is 0 Å². The molecule has 0 aromatic heterocycles. The first-order chi connectivity index (χ1) is 14.2. The van der Waals surface area contributed by atoms with Crippen molar-refractivity contribution in [1.29, 1.82) is 0 Å². The Bertz CT molecular complexity index is 844. The molecule has 0 aliphatic rings. The second-order valence-corrected chi connectivity index (χ2v) is 7.87. The van der Waals surface area contributed by atoms with Gasteiger partial charge in [-0.05, 0) is 74.4 Å². The quantitative estimate of drug-likeness (QED) is 0.553. The summed E-state index contributed by atoms with van der Waals surface area (Å²) in [5, 5.41) is 12.6. The molecule has 2 atom stereocenters. The van der Waals surface area contributed by atoms with Crippen molar-refractivity contribution >= 4 is 11.8 Å². The average molecular weight is 412 g/mol. The van der Waals surface area contributed by atoms with Crippen molar-refractivity contribution in [2.75, 3.05) is 13.6 Å². The third kappa shape index (κ3) is 6.32. The van der Waals surface area contributed by atoms with Gasteiger partial charge in [-0.15, -0.1) is 0 Å². The van der Waals surface area contributed by atoms with Crippen LogP contribution in [0.15, 0.2) is 42.5 Å². The van der Waals surface area contributed by atoms with E-state index in [4.69, 9.17) is 5.73 Å². The zero-order valence-corrected chi connectivity index (χ0v) is 18.3. The monoisotopic (exact) mass is 411 g/mol. The maximum Gasteiger partial charge on any atom is 0.242 e. The van der Waals surface area contributed by atoms with E-state index in [0.29, 0.717) is 13.0 Å². The molecule has 30 heavy (non-hydrogen) atoms. The van der Waals surface area contributed by atoms with Gasteiger partial charge < -0.3 is 21.1 Å². The first-order valence-electron chi connectivity index (χ1n) is 10.3. The molecule has 0 aliphatic heterocycles. The van der Waals surface area contributed by atoms with Crippen LogP contribution in [0.3, 0.4) is 0 Å². The molecule has 0 spiro atoms. The molecule has 4 N–H and O–H groups in total. The molecular formula is C24H33N3O3. The van der Waals surface area contributed by atoms with Crippen LogP contribution in [0.25, 0.3) is 0 Å². The predicted octanol–water partition coefficient (Wildman–Crippen LogP) is 2.47. The molecule has 2 aromatic carbocycles. The highest BCUT2D eigenvalue weighted by atomic mass is 16.3. The Balaban J connectivity index is 1.85. The van der Waals surface area contributed by atoms with E-state index in [0.717, 1.165) is 29.5 Å². The lowest BCUT2D eigenvalue weighted by atomic mass is 9.95. The van der Waals surface area contributed by atoms with Gasteiger partial charge in [-0.1, -0.05) is 30.3 Å². The summed E-state index contributed by atoms with van der Waals surface area (Å²) in [6.45, 7) is 6.02. The van der Waals surface area contributed by atoms with E-state index >= 15 is 0 Å². The fourth-order valence-corrected chi connectivity index (χ4v) is 3.52. The number of phenols is 1. The number of aromatic hydroxyl groups is 1. The standard InChI is InChI=1S/C24H33N3O3/c1-16-13-20(28)14-17(2)21(16)15-22(25)24(30)27(4)18(3)23(29)26-12-8-11-19-9-6-5-7-10-19/h5-7,9-10,13-14,18,22,28H,8,11-12,15,25H2,1-4H3,(H,26,29)/t18-,22+/m1/s1.